The van der Waals surface area contributed by atoms with Gasteiger partial charge in [0.15, 0.2) is 0 Å². The van der Waals surface area contributed by atoms with E-state index >= 15 is 0 Å². The van der Waals surface area contributed by atoms with Crippen molar-refractivity contribution in [3.05, 3.63) is 24.5 Å². The summed E-state index contributed by atoms with van der Waals surface area (Å²) in [5.74, 6) is 1.32. The number of aromatic nitrogens is 2. The topological polar surface area (TPSA) is 73.1 Å². The number of nitrogen functional groups attached to an aromatic ring is 1. The van der Waals surface area contributed by atoms with Gasteiger partial charge in [0.05, 0.1) is 12.1 Å². The first-order chi connectivity index (χ1) is 8.81. The number of nitrogens with one attached hydrogen (secondary N) is 1. The Morgan fingerprint density at radius 3 is 3.06 bits per heavy atom. The lowest BCUT2D eigenvalue weighted by Crippen LogP contribution is -2.16. The maximum atomic E-state index is 5.76. The van der Waals surface area contributed by atoms with E-state index in [1.165, 1.54) is 6.33 Å². The molecule has 3 N–H and O–H groups in total. The molecule has 1 aromatic heterocycles. The Bertz CT molecular complexity index is 515. The Hall–Kier alpha value is -1.88. The molecule has 0 amide bonds. The Morgan fingerprint density at radius 2 is 2.22 bits per heavy atom. The largest absolute Gasteiger partial charge is 0.493 e. The summed E-state index contributed by atoms with van der Waals surface area (Å²) >= 11 is 0. The third-order valence-corrected chi connectivity index (χ3v) is 2.66. The highest BCUT2D eigenvalue weighted by Crippen LogP contribution is 2.21. The van der Waals surface area contributed by atoms with Crippen molar-refractivity contribution in [1.82, 2.24) is 15.3 Å². The first-order valence-electron chi connectivity index (χ1n) is 6.15. The highest BCUT2D eigenvalue weighted by molar-refractivity contribution is 5.88. The van der Waals surface area contributed by atoms with Crippen molar-refractivity contribution in [3.63, 3.8) is 0 Å². The van der Waals surface area contributed by atoms with E-state index in [1.807, 2.05) is 18.2 Å². The summed E-state index contributed by atoms with van der Waals surface area (Å²) < 4.78 is 5.66. The molecule has 0 saturated heterocycles. The molecule has 0 radical (unpaired) electrons. The van der Waals surface area contributed by atoms with Crippen molar-refractivity contribution in [3.8, 4) is 5.75 Å². The van der Waals surface area contributed by atoms with E-state index in [0.29, 0.717) is 12.4 Å². The van der Waals surface area contributed by atoms with Crippen LogP contribution in [0.2, 0.25) is 0 Å². The van der Waals surface area contributed by atoms with Crippen LogP contribution in [-0.2, 0) is 0 Å². The van der Waals surface area contributed by atoms with Gasteiger partial charge >= 0.3 is 0 Å². The average Bonchev–Trinajstić information content (AvgIpc) is 2.39. The van der Waals surface area contributed by atoms with E-state index in [2.05, 4.69) is 22.2 Å². The average molecular weight is 246 g/mol. The van der Waals surface area contributed by atoms with Gasteiger partial charge in [0.1, 0.15) is 17.9 Å². The number of nitrogens with zero attached hydrogens (tertiary/aromatic N) is 2. The maximum Gasteiger partial charge on any atom is 0.134 e. The van der Waals surface area contributed by atoms with Gasteiger partial charge in [-0.25, -0.2) is 9.97 Å². The van der Waals surface area contributed by atoms with Gasteiger partial charge in [-0.1, -0.05) is 6.92 Å². The first-order valence-corrected chi connectivity index (χ1v) is 6.15. The zero-order valence-corrected chi connectivity index (χ0v) is 10.5. The highest BCUT2D eigenvalue weighted by Gasteiger charge is 2.02. The van der Waals surface area contributed by atoms with E-state index in [4.69, 9.17) is 10.5 Å². The molecule has 0 spiro atoms. The number of ether oxygens (including phenoxy) is 1. The minimum atomic E-state index is 0.499. The monoisotopic (exact) mass is 246 g/mol. The Labute approximate surface area is 106 Å². The fourth-order valence-corrected chi connectivity index (χ4v) is 1.71. The third kappa shape index (κ3) is 3.07. The standard InChI is InChI=1S/C13H18N4O/c1-2-15-6-3-7-18-10-4-5-11-12(8-10)16-9-17-13(11)14/h4-5,8-9,15H,2-3,6-7H2,1H3,(H2,14,16,17). The number of anilines is 1. The number of hydrogen-bond donors (Lipinski definition) is 2. The molecule has 0 saturated carbocycles. The van der Waals surface area contributed by atoms with Crippen molar-refractivity contribution in [2.24, 2.45) is 0 Å². The molecule has 0 aliphatic heterocycles. The van der Waals surface area contributed by atoms with Gasteiger partial charge in [-0.05, 0) is 31.6 Å². The summed E-state index contributed by atoms with van der Waals surface area (Å²) in [7, 11) is 0. The second-order valence-corrected chi connectivity index (χ2v) is 3.99. The summed E-state index contributed by atoms with van der Waals surface area (Å²) in [6.07, 6.45) is 2.45. The molecule has 18 heavy (non-hydrogen) atoms. The third-order valence-electron chi connectivity index (χ3n) is 2.66. The molecule has 5 heteroatoms. The molecule has 1 aromatic carbocycles. The SMILES string of the molecule is CCNCCCOc1ccc2c(N)ncnc2c1. The van der Waals surface area contributed by atoms with Gasteiger partial charge in [0, 0.05) is 11.5 Å². The molecule has 0 bridgehead atoms. The predicted octanol–water partition coefficient (Wildman–Crippen LogP) is 1.59. The lowest BCUT2D eigenvalue weighted by molar-refractivity contribution is 0.309. The van der Waals surface area contributed by atoms with E-state index < -0.39 is 0 Å². The number of hydrogen-bond acceptors (Lipinski definition) is 5. The quantitative estimate of drug-likeness (QED) is 0.757. The molecular formula is C13H18N4O. The molecule has 0 aliphatic rings. The minimum Gasteiger partial charge on any atom is -0.493 e. The highest BCUT2D eigenvalue weighted by atomic mass is 16.5. The molecule has 1 heterocycles. The molecule has 0 unspecified atom stereocenters. The molecule has 96 valence electrons. The van der Waals surface area contributed by atoms with Crippen LogP contribution in [0.5, 0.6) is 5.75 Å². The van der Waals surface area contributed by atoms with Gasteiger partial charge in [-0.3, -0.25) is 0 Å². The summed E-state index contributed by atoms with van der Waals surface area (Å²) in [5, 5.41) is 4.11. The summed E-state index contributed by atoms with van der Waals surface area (Å²) in [6, 6.07) is 5.68. The molecule has 0 fully saturated rings. The fourth-order valence-electron chi connectivity index (χ4n) is 1.71. The Morgan fingerprint density at radius 1 is 1.33 bits per heavy atom. The lowest BCUT2D eigenvalue weighted by atomic mass is 10.2. The summed E-state index contributed by atoms with van der Waals surface area (Å²) in [4.78, 5) is 8.13. The summed E-state index contributed by atoms with van der Waals surface area (Å²) in [6.45, 7) is 4.75. The van der Waals surface area contributed by atoms with Crippen LogP contribution in [0.25, 0.3) is 10.9 Å². The molecule has 0 atom stereocenters. The number of benzene rings is 1. The van der Waals surface area contributed by atoms with Crippen LogP contribution in [0.15, 0.2) is 24.5 Å². The normalized spacial score (nSPS) is 10.7. The van der Waals surface area contributed by atoms with Crippen LogP contribution in [-0.4, -0.2) is 29.7 Å². The molecule has 5 nitrogen and oxygen atoms in total. The lowest BCUT2D eigenvalue weighted by Gasteiger charge is -2.07. The van der Waals surface area contributed by atoms with Gasteiger partial charge in [-0.15, -0.1) is 0 Å². The predicted molar refractivity (Wildman–Crippen MR) is 72.6 cm³/mol. The van der Waals surface area contributed by atoms with Crippen molar-refractivity contribution in [2.75, 3.05) is 25.4 Å². The van der Waals surface area contributed by atoms with Crippen LogP contribution >= 0.6 is 0 Å². The maximum absolute atomic E-state index is 5.76. The van der Waals surface area contributed by atoms with E-state index in [-0.39, 0.29) is 0 Å². The zero-order valence-electron chi connectivity index (χ0n) is 10.5. The van der Waals surface area contributed by atoms with Crippen LogP contribution in [0.1, 0.15) is 13.3 Å². The molecule has 2 rings (SSSR count). The van der Waals surface area contributed by atoms with Crippen LogP contribution in [0.4, 0.5) is 5.82 Å². The van der Waals surface area contributed by atoms with E-state index in [9.17, 15) is 0 Å². The Balaban J connectivity index is 1.98. The van der Waals surface area contributed by atoms with Gasteiger partial charge in [0.25, 0.3) is 0 Å². The van der Waals surface area contributed by atoms with Gasteiger partial charge in [-0.2, -0.15) is 0 Å². The second-order valence-electron chi connectivity index (χ2n) is 3.99. The molecule has 0 aliphatic carbocycles. The summed E-state index contributed by atoms with van der Waals surface area (Å²) in [5.41, 5.74) is 6.57. The van der Waals surface area contributed by atoms with Crippen molar-refractivity contribution < 1.29 is 4.74 Å². The second kappa shape index (κ2) is 6.16. The fraction of sp³-hybridized carbons (Fsp3) is 0.385. The number of fused-ring (bicyclic) bond motifs is 1. The van der Waals surface area contributed by atoms with E-state index in [0.717, 1.165) is 36.2 Å². The molecular weight excluding hydrogens is 228 g/mol. The smallest absolute Gasteiger partial charge is 0.134 e. The minimum absolute atomic E-state index is 0.499. The first kappa shape index (κ1) is 12.6. The van der Waals surface area contributed by atoms with Crippen LogP contribution in [0.3, 0.4) is 0 Å². The van der Waals surface area contributed by atoms with Crippen molar-refractivity contribution in [1.29, 1.82) is 0 Å². The number of rotatable bonds is 6. The van der Waals surface area contributed by atoms with Gasteiger partial charge < -0.3 is 15.8 Å². The van der Waals surface area contributed by atoms with Crippen LogP contribution in [0, 0.1) is 0 Å². The Kier molecular flexibility index (Phi) is 4.30. The zero-order chi connectivity index (χ0) is 12.8. The van der Waals surface area contributed by atoms with E-state index in [1.54, 1.807) is 0 Å². The van der Waals surface area contributed by atoms with Crippen molar-refractivity contribution in [2.45, 2.75) is 13.3 Å². The van der Waals surface area contributed by atoms with Crippen molar-refractivity contribution >= 4 is 16.7 Å². The van der Waals surface area contributed by atoms with Crippen LogP contribution < -0.4 is 15.8 Å². The molecule has 2 aromatic rings. The number of nitrogens with two attached hydrogens (primary N) is 1. The van der Waals surface area contributed by atoms with Gasteiger partial charge in [0.2, 0.25) is 0 Å².